The van der Waals surface area contributed by atoms with Crippen LogP contribution in [0.3, 0.4) is 0 Å². The summed E-state index contributed by atoms with van der Waals surface area (Å²) in [5, 5.41) is 60.6. The van der Waals surface area contributed by atoms with Crippen molar-refractivity contribution < 1.29 is 30.5 Å². The van der Waals surface area contributed by atoms with Crippen LogP contribution in [-0.4, -0.2) is 67.7 Å². The maximum absolute atomic E-state index is 10.8. The Labute approximate surface area is 125 Å². The van der Waals surface area contributed by atoms with E-state index in [1.54, 1.807) is 0 Å². The van der Waals surface area contributed by atoms with Gasteiger partial charge in [-0.2, -0.15) is 5.10 Å². The molecule has 0 fully saturated rings. The molecule has 0 saturated carbocycles. The van der Waals surface area contributed by atoms with Crippen LogP contribution >= 0.6 is 0 Å². The lowest BCUT2D eigenvalue weighted by Gasteiger charge is -2.23. The number of nitro benzene ring substituents is 1. The summed E-state index contributed by atoms with van der Waals surface area (Å²) in [6.07, 6.45) is -6.06. The number of hydrogen-bond acceptors (Lipinski definition) is 9. The number of hydrazone groups is 1. The number of anilines is 1. The molecule has 1 aromatic rings. The highest BCUT2D eigenvalue weighted by Crippen LogP contribution is 2.22. The summed E-state index contributed by atoms with van der Waals surface area (Å²) in [7, 11) is 0. The van der Waals surface area contributed by atoms with E-state index in [2.05, 4.69) is 10.5 Å². The van der Waals surface area contributed by atoms with Crippen LogP contribution in [0.4, 0.5) is 11.4 Å². The molecule has 1 aromatic carbocycles. The van der Waals surface area contributed by atoms with E-state index in [4.69, 9.17) is 10.2 Å². The fourth-order valence-electron chi connectivity index (χ4n) is 1.54. The van der Waals surface area contributed by atoms with Gasteiger partial charge < -0.3 is 25.5 Å². The minimum Gasteiger partial charge on any atom is -0.394 e. The normalized spacial score (nSPS) is 17.0. The molecule has 0 bridgehead atoms. The zero-order valence-electron chi connectivity index (χ0n) is 11.4. The Morgan fingerprint density at radius 1 is 1.23 bits per heavy atom. The minimum atomic E-state index is -1.79. The van der Waals surface area contributed by atoms with Gasteiger partial charge in [0.1, 0.15) is 30.1 Å². The number of aliphatic hydroxyl groups excluding tert-OH is 5. The summed E-state index contributed by atoms with van der Waals surface area (Å²) in [4.78, 5) is 10.1. The average Bonchev–Trinajstić information content (AvgIpc) is 2.52. The quantitative estimate of drug-likeness (QED) is 0.190. The molecule has 0 heterocycles. The van der Waals surface area contributed by atoms with Crippen LogP contribution in [0.1, 0.15) is 0 Å². The molecule has 0 aliphatic rings. The Bertz CT molecular complexity index is 525. The van der Waals surface area contributed by atoms with Crippen LogP contribution in [0.5, 0.6) is 0 Å². The molecule has 6 N–H and O–H groups in total. The third-order valence-corrected chi connectivity index (χ3v) is 2.79. The van der Waals surface area contributed by atoms with Crippen molar-refractivity contribution >= 4 is 17.6 Å². The third kappa shape index (κ3) is 4.72. The van der Waals surface area contributed by atoms with Gasteiger partial charge in [-0.15, -0.1) is 0 Å². The van der Waals surface area contributed by atoms with Crippen LogP contribution in [0.25, 0.3) is 0 Å². The third-order valence-electron chi connectivity index (χ3n) is 2.79. The van der Waals surface area contributed by atoms with Gasteiger partial charge in [0.05, 0.1) is 17.7 Å². The first kappa shape index (κ1) is 17.9. The van der Waals surface area contributed by atoms with Gasteiger partial charge in [-0.1, -0.05) is 12.1 Å². The molecule has 0 aliphatic carbocycles. The van der Waals surface area contributed by atoms with E-state index in [1.807, 2.05) is 0 Å². The number of benzene rings is 1. The van der Waals surface area contributed by atoms with E-state index in [0.29, 0.717) is 0 Å². The van der Waals surface area contributed by atoms with E-state index in [-0.39, 0.29) is 11.4 Å². The first-order chi connectivity index (χ1) is 10.4. The van der Waals surface area contributed by atoms with Gasteiger partial charge in [-0.25, -0.2) is 0 Å². The van der Waals surface area contributed by atoms with Gasteiger partial charge in [-0.3, -0.25) is 15.5 Å². The molecule has 0 spiro atoms. The van der Waals surface area contributed by atoms with Crippen LogP contribution in [0.15, 0.2) is 29.4 Å². The maximum Gasteiger partial charge on any atom is 0.294 e. The van der Waals surface area contributed by atoms with Crippen molar-refractivity contribution in [2.24, 2.45) is 5.10 Å². The fourth-order valence-corrected chi connectivity index (χ4v) is 1.54. The molecule has 0 radical (unpaired) electrons. The molecule has 1 rings (SSSR count). The molecule has 10 heteroatoms. The number of nitro groups is 1. The highest BCUT2D eigenvalue weighted by molar-refractivity contribution is 5.67. The molecular weight excluding hydrogens is 298 g/mol. The second kappa shape index (κ2) is 8.36. The molecule has 10 nitrogen and oxygen atoms in total. The van der Waals surface area contributed by atoms with E-state index >= 15 is 0 Å². The number of nitrogens with one attached hydrogen (secondary N) is 1. The minimum absolute atomic E-state index is 0.0707. The number of rotatable bonds is 8. The summed E-state index contributed by atoms with van der Waals surface area (Å²) in [5.41, 5.74) is 2.17. The van der Waals surface area contributed by atoms with Crippen molar-refractivity contribution in [2.45, 2.75) is 24.4 Å². The summed E-state index contributed by atoms with van der Waals surface area (Å²) in [6.45, 7) is -0.795. The van der Waals surface area contributed by atoms with E-state index in [1.165, 1.54) is 24.3 Å². The van der Waals surface area contributed by atoms with Crippen molar-refractivity contribution in [1.82, 2.24) is 0 Å². The summed E-state index contributed by atoms with van der Waals surface area (Å²) in [5.74, 6) is 0. The maximum atomic E-state index is 10.8. The first-order valence-corrected chi connectivity index (χ1v) is 6.24. The van der Waals surface area contributed by atoms with Gasteiger partial charge in [0.15, 0.2) is 0 Å². The smallest absolute Gasteiger partial charge is 0.294 e. The lowest BCUT2D eigenvalue weighted by atomic mass is 10.0. The predicted molar refractivity (Wildman–Crippen MR) is 76.3 cm³/mol. The lowest BCUT2D eigenvalue weighted by Crippen LogP contribution is -2.46. The highest BCUT2D eigenvalue weighted by atomic mass is 16.6. The van der Waals surface area contributed by atoms with Gasteiger partial charge in [0.2, 0.25) is 0 Å². The lowest BCUT2D eigenvalue weighted by molar-refractivity contribution is -0.384. The predicted octanol–water partition coefficient (Wildman–Crippen LogP) is -1.57. The van der Waals surface area contributed by atoms with Crippen LogP contribution in [0.2, 0.25) is 0 Å². The standard InChI is InChI=1S/C12H17N3O7/c16-6-10(18)12(20)11(19)9(17)5-13-14-7-3-1-2-4-8(7)15(21)22/h1-5,9-12,14,16-20H,6H2/b13-5+/t9-,10-,11-,12-/m1/s1. The molecule has 0 saturated heterocycles. The Balaban J connectivity index is 2.68. The van der Waals surface area contributed by atoms with E-state index in [0.717, 1.165) is 6.21 Å². The van der Waals surface area contributed by atoms with Gasteiger partial charge in [-0.05, 0) is 6.07 Å². The number of aliphatic hydroxyl groups is 5. The second-order valence-corrected chi connectivity index (χ2v) is 4.39. The first-order valence-electron chi connectivity index (χ1n) is 6.24. The zero-order valence-corrected chi connectivity index (χ0v) is 11.4. The molecular formula is C12H17N3O7. The number of hydrogen-bond donors (Lipinski definition) is 6. The Kier molecular flexibility index (Phi) is 6.82. The molecule has 22 heavy (non-hydrogen) atoms. The number of nitrogens with zero attached hydrogens (tertiary/aromatic N) is 2. The largest absolute Gasteiger partial charge is 0.394 e. The van der Waals surface area contributed by atoms with Crippen molar-refractivity contribution in [3.63, 3.8) is 0 Å². The fraction of sp³-hybridized carbons (Fsp3) is 0.417. The monoisotopic (exact) mass is 315 g/mol. The number of para-hydroxylation sites is 2. The summed E-state index contributed by atoms with van der Waals surface area (Å²) >= 11 is 0. The Morgan fingerprint density at radius 3 is 2.45 bits per heavy atom. The van der Waals surface area contributed by atoms with Crippen molar-refractivity contribution in [1.29, 1.82) is 0 Å². The zero-order chi connectivity index (χ0) is 16.7. The van der Waals surface area contributed by atoms with Crippen molar-refractivity contribution in [2.75, 3.05) is 12.0 Å². The average molecular weight is 315 g/mol. The van der Waals surface area contributed by atoms with Crippen molar-refractivity contribution in [3.05, 3.63) is 34.4 Å². The van der Waals surface area contributed by atoms with E-state index < -0.39 is 35.9 Å². The second-order valence-electron chi connectivity index (χ2n) is 4.39. The Morgan fingerprint density at radius 2 is 1.86 bits per heavy atom. The molecule has 0 amide bonds. The molecule has 0 unspecified atom stereocenters. The van der Waals surface area contributed by atoms with Gasteiger partial charge in [0.25, 0.3) is 5.69 Å². The molecule has 0 aromatic heterocycles. The van der Waals surface area contributed by atoms with Crippen molar-refractivity contribution in [3.8, 4) is 0 Å². The van der Waals surface area contributed by atoms with Gasteiger partial charge >= 0.3 is 0 Å². The highest BCUT2D eigenvalue weighted by Gasteiger charge is 2.29. The van der Waals surface area contributed by atoms with E-state index in [9.17, 15) is 25.4 Å². The molecule has 122 valence electrons. The van der Waals surface area contributed by atoms with Gasteiger partial charge in [0, 0.05) is 6.07 Å². The molecule has 4 atom stereocenters. The topological polar surface area (TPSA) is 169 Å². The van der Waals surface area contributed by atoms with Crippen LogP contribution < -0.4 is 5.43 Å². The molecule has 0 aliphatic heterocycles. The Hall–Kier alpha value is -2.11. The van der Waals surface area contributed by atoms with Crippen LogP contribution in [-0.2, 0) is 0 Å². The van der Waals surface area contributed by atoms with Crippen LogP contribution in [0, 0.1) is 10.1 Å². The summed E-state index contributed by atoms with van der Waals surface area (Å²) < 4.78 is 0. The summed E-state index contributed by atoms with van der Waals surface area (Å²) in [6, 6.07) is 5.66. The SMILES string of the molecule is O=[N+]([O-])c1ccccc1N/N=C/[C@@H](O)[C@@H](O)[C@H](O)[C@H](O)CO.